The molecule has 0 saturated heterocycles. The van der Waals surface area contributed by atoms with Gasteiger partial charge in [-0.2, -0.15) is 0 Å². The molecule has 1 saturated carbocycles. The SMILES string of the molecule is CCCCCc1ccc(OCCC(F)C2CCC(c3ccc(-c4ccc(CCC)c(F)c4F)cc3F)CC2)c(F)c1. The fourth-order valence-corrected chi connectivity index (χ4v) is 6.01. The summed E-state index contributed by atoms with van der Waals surface area (Å²) in [5, 5.41) is 0. The van der Waals surface area contributed by atoms with Crippen molar-refractivity contribution < 1.29 is 26.7 Å². The molecular weight excluding hydrogens is 531 g/mol. The highest BCUT2D eigenvalue weighted by Crippen LogP contribution is 2.40. The van der Waals surface area contributed by atoms with Crippen molar-refractivity contribution in [1.82, 2.24) is 0 Å². The Morgan fingerprint density at radius 2 is 1.56 bits per heavy atom. The van der Waals surface area contributed by atoms with Crippen molar-refractivity contribution in [1.29, 1.82) is 0 Å². The quantitative estimate of drug-likeness (QED) is 0.146. The van der Waals surface area contributed by atoms with Crippen LogP contribution in [0.3, 0.4) is 0 Å². The lowest BCUT2D eigenvalue weighted by atomic mass is 9.76. The van der Waals surface area contributed by atoms with Gasteiger partial charge in [0.05, 0.1) is 6.61 Å². The van der Waals surface area contributed by atoms with Crippen LogP contribution in [0.25, 0.3) is 11.1 Å². The van der Waals surface area contributed by atoms with Crippen molar-refractivity contribution >= 4 is 0 Å². The Labute approximate surface area is 241 Å². The molecule has 0 N–H and O–H groups in total. The molecule has 0 aliphatic heterocycles. The standard InChI is InChI=1S/C35H41F5O/c1-3-5-6-8-23-9-18-33(32(38)21-23)41-20-19-30(36)25-12-10-24(11-13-25)28-16-15-27(22-31(28)37)29-17-14-26(7-4-2)34(39)35(29)40/h9,14-18,21-22,24-25,30H,3-8,10-13,19-20H2,1-2H3. The Morgan fingerprint density at radius 1 is 0.780 bits per heavy atom. The third-order valence-electron chi connectivity index (χ3n) is 8.43. The molecule has 1 nitrogen and oxygen atoms in total. The first-order valence-electron chi connectivity index (χ1n) is 15.1. The van der Waals surface area contributed by atoms with Gasteiger partial charge in [-0.3, -0.25) is 0 Å². The fraction of sp³-hybridized carbons (Fsp3) is 0.486. The zero-order chi connectivity index (χ0) is 29.4. The number of unbranched alkanes of at least 4 members (excludes halogenated alkanes) is 2. The van der Waals surface area contributed by atoms with Crippen LogP contribution in [-0.2, 0) is 12.8 Å². The molecule has 4 rings (SSSR count). The highest BCUT2D eigenvalue weighted by atomic mass is 19.2. The molecule has 0 aromatic heterocycles. The number of benzene rings is 3. The van der Waals surface area contributed by atoms with Crippen molar-refractivity contribution in [2.45, 2.75) is 96.6 Å². The highest BCUT2D eigenvalue weighted by molar-refractivity contribution is 5.65. The molecule has 0 spiro atoms. The van der Waals surface area contributed by atoms with Gasteiger partial charge in [-0.05, 0) is 97.2 Å². The van der Waals surface area contributed by atoms with Crippen LogP contribution in [0, 0.1) is 29.2 Å². The zero-order valence-corrected chi connectivity index (χ0v) is 24.1. The minimum atomic E-state index is -1.08. The smallest absolute Gasteiger partial charge is 0.166 e. The molecule has 1 aliphatic carbocycles. The summed E-state index contributed by atoms with van der Waals surface area (Å²) in [6.07, 6.45) is 6.84. The summed E-state index contributed by atoms with van der Waals surface area (Å²) >= 11 is 0. The third-order valence-corrected chi connectivity index (χ3v) is 8.43. The largest absolute Gasteiger partial charge is 0.490 e. The van der Waals surface area contributed by atoms with Gasteiger partial charge in [0.1, 0.15) is 12.0 Å². The Balaban J connectivity index is 1.27. The van der Waals surface area contributed by atoms with Crippen molar-refractivity contribution in [3.8, 4) is 16.9 Å². The monoisotopic (exact) mass is 572 g/mol. The van der Waals surface area contributed by atoms with E-state index in [1.165, 1.54) is 18.2 Å². The van der Waals surface area contributed by atoms with Crippen LogP contribution in [0.2, 0.25) is 0 Å². The van der Waals surface area contributed by atoms with Gasteiger partial charge in [-0.15, -0.1) is 0 Å². The fourth-order valence-electron chi connectivity index (χ4n) is 6.01. The summed E-state index contributed by atoms with van der Waals surface area (Å²) < 4.78 is 79.2. The second kappa shape index (κ2) is 14.8. The van der Waals surface area contributed by atoms with E-state index in [1.54, 1.807) is 24.3 Å². The molecule has 3 aromatic rings. The number of alkyl halides is 1. The maximum Gasteiger partial charge on any atom is 0.166 e. The van der Waals surface area contributed by atoms with Crippen molar-refractivity contribution in [2.24, 2.45) is 5.92 Å². The Hall–Kier alpha value is -2.89. The first-order valence-corrected chi connectivity index (χ1v) is 15.1. The zero-order valence-electron chi connectivity index (χ0n) is 24.1. The number of hydrogen-bond acceptors (Lipinski definition) is 1. The summed E-state index contributed by atoms with van der Waals surface area (Å²) in [7, 11) is 0. The molecule has 1 fully saturated rings. The van der Waals surface area contributed by atoms with Crippen LogP contribution >= 0.6 is 0 Å². The summed E-state index contributed by atoms with van der Waals surface area (Å²) in [5.41, 5.74) is 2.13. The molecule has 1 unspecified atom stereocenters. The lowest BCUT2D eigenvalue weighted by Gasteiger charge is -2.31. The summed E-state index contributed by atoms with van der Waals surface area (Å²) in [6.45, 7) is 4.12. The lowest BCUT2D eigenvalue weighted by Crippen LogP contribution is -2.24. The molecular formula is C35H41F5O. The molecule has 41 heavy (non-hydrogen) atoms. The van der Waals surface area contributed by atoms with Crippen molar-refractivity contribution in [2.75, 3.05) is 6.61 Å². The summed E-state index contributed by atoms with van der Waals surface area (Å²) in [5.74, 6) is -2.75. The molecule has 222 valence electrons. The van der Waals surface area contributed by atoms with E-state index in [0.29, 0.717) is 55.2 Å². The second-order valence-corrected chi connectivity index (χ2v) is 11.4. The van der Waals surface area contributed by atoms with Gasteiger partial charge in [0.2, 0.25) is 0 Å². The number of rotatable bonds is 13. The Morgan fingerprint density at radius 3 is 2.24 bits per heavy atom. The number of halogens is 5. The van der Waals surface area contributed by atoms with Crippen LogP contribution in [0.15, 0.2) is 48.5 Å². The average Bonchev–Trinajstić information content (AvgIpc) is 2.97. The number of ether oxygens (including phenoxy) is 1. The topological polar surface area (TPSA) is 9.23 Å². The molecule has 6 heteroatoms. The van der Waals surface area contributed by atoms with Crippen molar-refractivity contribution in [3.05, 3.63) is 88.5 Å². The second-order valence-electron chi connectivity index (χ2n) is 11.4. The molecule has 0 bridgehead atoms. The van der Waals surface area contributed by atoms with E-state index in [0.717, 1.165) is 31.2 Å². The van der Waals surface area contributed by atoms with Gasteiger partial charge >= 0.3 is 0 Å². The maximum absolute atomic E-state index is 15.1. The Bertz CT molecular complexity index is 1280. The minimum absolute atomic E-state index is 0.0433. The van der Waals surface area contributed by atoms with E-state index >= 15 is 8.78 Å². The minimum Gasteiger partial charge on any atom is -0.490 e. The van der Waals surface area contributed by atoms with E-state index in [9.17, 15) is 13.2 Å². The number of aryl methyl sites for hydroxylation is 2. The van der Waals surface area contributed by atoms with Crippen LogP contribution in [-0.4, -0.2) is 12.8 Å². The molecule has 0 radical (unpaired) electrons. The Kier molecular flexibility index (Phi) is 11.2. The molecule has 0 amide bonds. The van der Waals surface area contributed by atoms with E-state index in [-0.39, 0.29) is 36.2 Å². The molecule has 3 aromatic carbocycles. The van der Waals surface area contributed by atoms with Gasteiger partial charge in [0, 0.05) is 12.0 Å². The van der Waals surface area contributed by atoms with Crippen LogP contribution < -0.4 is 4.74 Å². The van der Waals surface area contributed by atoms with E-state index < -0.39 is 29.4 Å². The van der Waals surface area contributed by atoms with Gasteiger partial charge in [0.15, 0.2) is 23.2 Å². The normalized spacial score (nSPS) is 17.9. The molecule has 0 heterocycles. The van der Waals surface area contributed by atoms with Crippen molar-refractivity contribution in [3.63, 3.8) is 0 Å². The average molecular weight is 573 g/mol. The molecule has 1 atom stereocenters. The number of hydrogen-bond donors (Lipinski definition) is 0. The predicted molar refractivity (Wildman–Crippen MR) is 155 cm³/mol. The van der Waals surface area contributed by atoms with E-state index in [1.807, 2.05) is 13.0 Å². The highest BCUT2D eigenvalue weighted by Gasteiger charge is 2.29. The maximum atomic E-state index is 15.1. The first kappa shape index (κ1) is 31.1. The summed E-state index contributed by atoms with van der Waals surface area (Å²) in [4.78, 5) is 0. The van der Waals surface area contributed by atoms with Gasteiger partial charge in [-0.1, -0.05) is 63.4 Å². The van der Waals surface area contributed by atoms with Crippen LogP contribution in [0.1, 0.15) is 94.2 Å². The lowest BCUT2D eigenvalue weighted by molar-refractivity contribution is 0.139. The predicted octanol–water partition coefficient (Wildman–Crippen LogP) is 10.7. The summed E-state index contributed by atoms with van der Waals surface area (Å²) in [6, 6.07) is 12.6. The molecule has 1 aliphatic rings. The van der Waals surface area contributed by atoms with E-state index in [2.05, 4.69) is 6.92 Å². The van der Waals surface area contributed by atoms with Gasteiger partial charge in [0.25, 0.3) is 0 Å². The third kappa shape index (κ3) is 7.90. The first-order chi connectivity index (χ1) is 19.8. The van der Waals surface area contributed by atoms with E-state index in [4.69, 9.17) is 4.74 Å². The van der Waals surface area contributed by atoms with Crippen LogP contribution in [0.5, 0.6) is 5.75 Å². The van der Waals surface area contributed by atoms with Gasteiger partial charge in [-0.25, -0.2) is 22.0 Å². The van der Waals surface area contributed by atoms with Gasteiger partial charge < -0.3 is 4.74 Å². The van der Waals surface area contributed by atoms with Crippen LogP contribution in [0.4, 0.5) is 22.0 Å².